The SMILES string of the molecule is OCCOc1cc(OCCO)c2c(c1)Oc1ccccc1CC2. The lowest BCUT2D eigenvalue weighted by atomic mass is 10.0. The van der Waals surface area contributed by atoms with Gasteiger partial charge in [0.15, 0.2) is 0 Å². The Bertz CT molecular complexity index is 668. The van der Waals surface area contributed by atoms with Gasteiger partial charge < -0.3 is 24.4 Å². The monoisotopic (exact) mass is 316 g/mol. The Balaban J connectivity index is 1.97. The van der Waals surface area contributed by atoms with E-state index in [9.17, 15) is 0 Å². The van der Waals surface area contributed by atoms with Crippen molar-refractivity contribution < 1.29 is 24.4 Å². The first-order chi connectivity index (χ1) is 11.3. The molecule has 1 aliphatic heterocycles. The molecule has 0 amide bonds. The summed E-state index contributed by atoms with van der Waals surface area (Å²) in [6.45, 7) is 0.294. The van der Waals surface area contributed by atoms with Crippen LogP contribution in [0.3, 0.4) is 0 Å². The Kier molecular flexibility index (Phi) is 5.00. The Morgan fingerprint density at radius 2 is 1.70 bits per heavy atom. The molecule has 0 spiro atoms. The van der Waals surface area contributed by atoms with Crippen LogP contribution in [0.1, 0.15) is 11.1 Å². The fraction of sp³-hybridized carbons (Fsp3) is 0.333. The number of fused-ring (bicyclic) bond motifs is 2. The first-order valence-electron chi connectivity index (χ1n) is 7.72. The van der Waals surface area contributed by atoms with Crippen LogP contribution >= 0.6 is 0 Å². The second kappa shape index (κ2) is 7.35. The van der Waals surface area contributed by atoms with Crippen LogP contribution in [0.15, 0.2) is 36.4 Å². The highest BCUT2D eigenvalue weighted by Crippen LogP contribution is 2.41. The summed E-state index contributed by atoms with van der Waals surface area (Å²) >= 11 is 0. The summed E-state index contributed by atoms with van der Waals surface area (Å²) in [5, 5.41) is 18.0. The van der Waals surface area contributed by atoms with Crippen molar-refractivity contribution in [3.8, 4) is 23.0 Å². The molecule has 2 N–H and O–H groups in total. The van der Waals surface area contributed by atoms with Gasteiger partial charge in [-0.25, -0.2) is 0 Å². The summed E-state index contributed by atoms with van der Waals surface area (Å²) in [6.07, 6.45) is 1.64. The zero-order valence-corrected chi connectivity index (χ0v) is 12.8. The third-order valence-electron chi connectivity index (χ3n) is 3.69. The van der Waals surface area contributed by atoms with E-state index in [1.807, 2.05) is 24.3 Å². The minimum atomic E-state index is -0.0619. The maximum Gasteiger partial charge on any atom is 0.138 e. The molecule has 5 nitrogen and oxygen atoms in total. The molecule has 0 saturated carbocycles. The summed E-state index contributed by atoms with van der Waals surface area (Å²) in [4.78, 5) is 0. The zero-order chi connectivity index (χ0) is 16.1. The number of ether oxygens (including phenoxy) is 3. The number of hydrogen-bond acceptors (Lipinski definition) is 5. The van der Waals surface area contributed by atoms with Crippen molar-refractivity contribution in [1.82, 2.24) is 0 Å². The normalized spacial score (nSPS) is 12.6. The largest absolute Gasteiger partial charge is 0.491 e. The van der Waals surface area contributed by atoms with Crippen LogP contribution in [-0.4, -0.2) is 36.6 Å². The summed E-state index contributed by atoms with van der Waals surface area (Å²) < 4.78 is 17.2. The number of rotatable bonds is 6. The Labute approximate surface area is 135 Å². The zero-order valence-electron chi connectivity index (χ0n) is 12.8. The van der Waals surface area contributed by atoms with Crippen molar-refractivity contribution >= 4 is 0 Å². The summed E-state index contributed by atoms with van der Waals surface area (Å²) in [5.41, 5.74) is 2.11. The van der Waals surface area contributed by atoms with Crippen molar-refractivity contribution in [3.63, 3.8) is 0 Å². The van der Waals surface area contributed by atoms with Crippen molar-refractivity contribution in [2.75, 3.05) is 26.4 Å². The second-order valence-electron chi connectivity index (χ2n) is 5.25. The highest BCUT2D eigenvalue weighted by molar-refractivity contribution is 5.54. The number of hydrogen-bond donors (Lipinski definition) is 2. The van der Waals surface area contributed by atoms with Gasteiger partial charge in [0.25, 0.3) is 0 Å². The lowest BCUT2D eigenvalue weighted by Gasteiger charge is -2.16. The fourth-order valence-electron chi connectivity index (χ4n) is 2.65. The van der Waals surface area contributed by atoms with E-state index in [0.29, 0.717) is 17.2 Å². The third kappa shape index (κ3) is 3.57. The van der Waals surface area contributed by atoms with Gasteiger partial charge in [0, 0.05) is 17.7 Å². The molecule has 2 aromatic rings. The predicted octanol–water partition coefficient (Wildman–Crippen LogP) is 2.32. The smallest absolute Gasteiger partial charge is 0.138 e. The van der Waals surface area contributed by atoms with Gasteiger partial charge in [-0.05, 0) is 24.5 Å². The van der Waals surface area contributed by atoms with E-state index in [-0.39, 0.29) is 26.4 Å². The van der Waals surface area contributed by atoms with Crippen molar-refractivity contribution in [3.05, 3.63) is 47.5 Å². The van der Waals surface area contributed by atoms with E-state index in [1.165, 1.54) is 0 Å². The molecule has 2 aromatic carbocycles. The molecule has 3 rings (SSSR count). The first-order valence-corrected chi connectivity index (χ1v) is 7.72. The summed E-state index contributed by atoms with van der Waals surface area (Å²) in [5.74, 6) is 2.75. The molecule has 1 heterocycles. The quantitative estimate of drug-likeness (QED) is 0.856. The molecule has 0 bridgehead atoms. The molecule has 0 unspecified atom stereocenters. The van der Waals surface area contributed by atoms with Crippen LogP contribution in [0.4, 0.5) is 0 Å². The van der Waals surface area contributed by atoms with Gasteiger partial charge in [-0.1, -0.05) is 18.2 Å². The van der Waals surface area contributed by atoms with Crippen LogP contribution < -0.4 is 14.2 Å². The average molecular weight is 316 g/mol. The molecule has 23 heavy (non-hydrogen) atoms. The van der Waals surface area contributed by atoms with E-state index in [2.05, 4.69) is 6.07 Å². The number of aryl methyl sites for hydroxylation is 1. The minimum Gasteiger partial charge on any atom is -0.491 e. The fourth-order valence-corrected chi connectivity index (χ4v) is 2.65. The van der Waals surface area contributed by atoms with E-state index >= 15 is 0 Å². The van der Waals surface area contributed by atoms with Crippen LogP contribution in [0.25, 0.3) is 0 Å². The Hall–Kier alpha value is -2.24. The van der Waals surface area contributed by atoms with E-state index in [1.54, 1.807) is 6.07 Å². The van der Waals surface area contributed by atoms with Gasteiger partial charge in [-0.2, -0.15) is 0 Å². The van der Waals surface area contributed by atoms with Crippen LogP contribution in [0.5, 0.6) is 23.0 Å². The number of aliphatic hydroxyl groups is 2. The van der Waals surface area contributed by atoms with Gasteiger partial charge >= 0.3 is 0 Å². The molecule has 0 atom stereocenters. The van der Waals surface area contributed by atoms with Crippen LogP contribution in [0.2, 0.25) is 0 Å². The lowest BCUT2D eigenvalue weighted by molar-refractivity contribution is 0.193. The molecule has 1 aliphatic rings. The molecule has 0 radical (unpaired) electrons. The molecule has 0 aliphatic carbocycles. The molecule has 5 heteroatoms. The Morgan fingerprint density at radius 3 is 2.52 bits per heavy atom. The lowest BCUT2D eigenvalue weighted by Crippen LogP contribution is -2.06. The van der Waals surface area contributed by atoms with E-state index < -0.39 is 0 Å². The number of para-hydroxylation sites is 1. The highest BCUT2D eigenvalue weighted by Gasteiger charge is 2.20. The highest BCUT2D eigenvalue weighted by atomic mass is 16.5. The standard InChI is InChI=1S/C18H20O5/c19-7-9-21-14-11-17(22-10-8-20)15-6-5-13-3-1-2-4-16(13)23-18(15)12-14/h1-4,11-12,19-20H,5-10H2. The molecule has 122 valence electrons. The van der Waals surface area contributed by atoms with Crippen LogP contribution in [0, 0.1) is 0 Å². The van der Waals surface area contributed by atoms with Crippen LogP contribution in [-0.2, 0) is 12.8 Å². The number of aliphatic hydroxyl groups excluding tert-OH is 2. The first kappa shape index (κ1) is 15.6. The second-order valence-corrected chi connectivity index (χ2v) is 5.25. The summed E-state index contributed by atoms with van der Waals surface area (Å²) in [7, 11) is 0. The van der Waals surface area contributed by atoms with Crippen molar-refractivity contribution in [2.45, 2.75) is 12.8 Å². The molecular formula is C18H20O5. The molecule has 0 fully saturated rings. The predicted molar refractivity (Wildman–Crippen MR) is 85.5 cm³/mol. The third-order valence-corrected chi connectivity index (χ3v) is 3.69. The van der Waals surface area contributed by atoms with Gasteiger partial charge in [-0.3, -0.25) is 0 Å². The van der Waals surface area contributed by atoms with Crippen molar-refractivity contribution in [2.24, 2.45) is 0 Å². The summed E-state index contributed by atoms with van der Waals surface area (Å²) in [6, 6.07) is 11.5. The van der Waals surface area contributed by atoms with E-state index in [0.717, 1.165) is 29.7 Å². The molecule has 0 saturated heterocycles. The maximum absolute atomic E-state index is 9.02. The Morgan fingerprint density at radius 1 is 0.913 bits per heavy atom. The maximum atomic E-state index is 9.02. The van der Waals surface area contributed by atoms with Gasteiger partial charge in [0.2, 0.25) is 0 Å². The van der Waals surface area contributed by atoms with E-state index in [4.69, 9.17) is 24.4 Å². The van der Waals surface area contributed by atoms with Gasteiger partial charge in [0.1, 0.15) is 36.2 Å². The van der Waals surface area contributed by atoms with Crippen molar-refractivity contribution in [1.29, 1.82) is 0 Å². The minimum absolute atomic E-state index is 0.0580. The average Bonchev–Trinajstić information content (AvgIpc) is 2.76. The molecular weight excluding hydrogens is 296 g/mol. The van der Waals surface area contributed by atoms with Gasteiger partial charge in [-0.15, -0.1) is 0 Å². The topological polar surface area (TPSA) is 68.2 Å². The van der Waals surface area contributed by atoms with Gasteiger partial charge in [0.05, 0.1) is 13.2 Å². The number of benzene rings is 2. The molecule has 0 aromatic heterocycles.